The summed E-state index contributed by atoms with van der Waals surface area (Å²) in [6, 6.07) is 65.0. The fourth-order valence-corrected chi connectivity index (χ4v) is 22.0. The molecule has 18 heteroatoms. The van der Waals surface area contributed by atoms with Crippen LogP contribution in [-0.4, -0.2) is 32.3 Å². The first kappa shape index (κ1) is 82.5. The van der Waals surface area contributed by atoms with Gasteiger partial charge in [-0.2, -0.15) is 0 Å². The van der Waals surface area contributed by atoms with Crippen molar-refractivity contribution in [3.8, 4) is 0 Å². The minimum atomic E-state index is -1.31. The van der Waals surface area contributed by atoms with Gasteiger partial charge in [0.15, 0.2) is 0 Å². The van der Waals surface area contributed by atoms with Crippen LogP contribution in [0.2, 0.25) is 78.6 Å². The smallest absolute Gasteiger partial charge is 0.102 e. The Balaban J connectivity index is -0.000000192. The molecule has 4 radical (unpaired) electrons. The van der Waals surface area contributed by atoms with Crippen LogP contribution in [0, 0.1) is 0 Å². The molecule has 0 spiro atoms. The molecule has 0 atom stereocenters. The average molecular weight is 1630 g/mol. The second-order valence-electron chi connectivity index (χ2n) is 19.3. The van der Waals surface area contributed by atoms with Crippen molar-refractivity contribution in [2.24, 2.45) is 0 Å². The first-order valence-corrected chi connectivity index (χ1v) is 39.9. The normalized spacial score (nSPS) is 11.2. The van der Waals surface area contributed by atoms with E-state index >= 15 is 0 Å². The summed E-state index contributed by atoms with van der Waals surface area (Å²) in [4.78, 5) is 0. The third-order valence-corrected chi connectivity index (χ3v) is 31.1. The van der Waals surface area contributed by atoms with Crippen molar-refractivity contribution in [2.75, 3.05) is 0 Å². The van der Waals surface area contributed by atoms with Gasteiger partial charge >= 0.3 is 0 Å². The van der Waals surface area contributed by atoms with Crippen molar-refractivity contribution < 1.29 is 75.0 Å². The Morgan fingerprint density at radius 1 is 0.257 bits per heavy atom. The molecule has 0 amide bonds. The van der Waals surface area contributed by atoms with E-state index < -0.39 is 48.1 Å². The van der Waals surface area contributed by atoms with E-state index in [4.69, 9.17) is 50.5 Å². The Labute approximate surface area is 531 Å². The molecule has 6 aromatic carbocycles. The molecule has 0 unspecified atom stereocenters. The summed E-state index contributed by atoms with van der Waals surface area (Å²) < 4.78 is 4.49. The zero-order chi connectivity index (χ0) is 46.1. The Morgan fingerprint density at radius 2 is 0.357 bits per heavy atom. The molecule has 396 valence electrons. The molecule has 0 aliphatic heterocycles. The summed E-state index contributed by atoms with van der Waals surface area (Å²) in [5.41, 5.74) is 0. The summed E-state index contributed by atoms with van der Waals surface area (Å²) in [5, 5.41) is 8.61. The van der Waals surface area contributed by atoms with Crippen molar-refractivity contribution in [1.29, 1.82) is 0 Å². The molecule has 0 aliphatic rings. The summed E-state index contributed by atoms with van der Waals surface area (Å²) in [5.74, 6) is 0. The molecular formula is C52H72Cu2P2Re2S8Si4-6. The van der Waals surface area contributed by atoms with Gasteiger partial charge in [-0.3, -0.25) is 0 Å². The van der Waals surface area contributed by atoms with Gasteiger partial charge in [-0.05, 0) is 72.8 Å². The van der Waals surface area contributed by atoms with Crippen LogP contribution in [0.1, 0.15) is 0 Å². The van der Waals surface area contributed by atoms with Crippen LogP contribution in [0.4, 0.5) is 0 Å². The largest absolute Gasteiger partial charge is 0.813 e. The van der Waals surface area contributed by atoms with Crippen LogP contribution in [0.3, 0.4) is 0 Å². The molecular weight excluding hydrogens is 1550 g/mol. The van der Waals surface area contributed by atoms with Crippen LogP contribution >= 0.6 is 15.8 Å². The Morgan fingerprint density at radius 3 is 0.443 bits per heavy atom. The maximum absolute atomic E-state index is 5.42. The zero-order valence-electron chi connectivity index (χ0n) is 42.1. The Kier molecular flexibility index (Phi) is 47.6. The minimum absolute atomic E-state index is 0. The summed E-state index contributed by atoms with van der Waals surface area (Å²) >= 11 is 21.7. The molecule has 0 aromatic heterocycles. The van der Waals surface area contributed by atoms with Gasteiger partial charge in [-0.25, -0.2) is 18.1 Å². The van der Waals surface area contributed by atoms with Gasteiger partial charge in [-0.1, -0.05) is 188 Å². The first-order valence-electron chi connectivity index (χ1n) is 21.3. The monoisotopic (exact) mass is 1630 g/mol. The zero-order valence-corrected chi connectivity index (χ0v) is 62.3. The Hall–Kier alpha value is 1.17. The van der Waals surface area contributed by atoms with Crippen LogP contribution in [-0.2, 0) is 179 Å². The average Bonchev–Trinajstić information content (AvgIpc) is 3.24. The molecule has 0 saturated heterocycles. The minimum Gasteiger partial charge on any atom is -0.813 e. The molecule has 0 nitrogen and oxygen atoms in total. The van der Waals surface area contributed by atoms with Crippen molar-refractivity contribution >= 4 is 184 Å². The Bertz CT molecular complexity index is 1890. The standard InChI is InChI=1S/2C18H15P.2C8H20S2Si2.2Cu.2Re.4H2S/c2*1-4-10-16(11-5-1)19(17-12-6-2-7-13-17)18-14-8-3-9-15-18;2*1-11(2,3)7(9)8(10)12(4,5)6;;;;;;;;/h2*1-15H;2*9-10H,1-6H3;;;;;4*1H2/p-6. The van der Waals surface area contributed by atoms with Crippen LogP contribution in [0.25, 0.3) is 0 Å². The predicted molar refractivity (Wildman–Crippen MR) is 345 cm³/mol. The van der Waals surface area contributed by atoms with Gasteiger partial charge in [0.25, 0.3) is 0 Å². The second-order valence-corrected chi connectivity index (χ2v) is 47.3. The number of hydrogen-bond donors (Lipinski definition) is 0. The van der Waals surface area contributed by atoms with E-state index in [0.29, 0.717) is 0 Å². The van der Waals surface area contributed by atoms with Crippen LogP contribution in [0.15, 0.2) is 200 Å². The van der Waals surface area contributed by atoms with Crippen molar-refractivity contribution in [3.05, 3.63) is 200 Å². The number of benzene rings is 6. The summed E-state index contributed by atoms with van der Waals surface area (Å²) in [7, 11) is -6.99. The van der Waals surface area contributed by atoms with Gasteiger partial charge in [0.1, 0.15) is 31.8 Å². The van der Waals surface area contributed by atoms with E-state index in [1.54, 1.807) is 0 Å². The van der Waals surface area contributed by atoms with E-state index in [-0.39, 0.29) is 129 Å². The summed E-state index contributed by atoms with van der Waals surface area (Å²) in [6.07, 6.45) is 0. The van der Waals surface area contributed by atoms with Gasteiger partial charge in [0.2, 0.25) is 0 Å². The van der Waals surface area contributed by atoms with E-state index in [1.807, 2.05) is 0 Å². The topological polar surface area (TPSA) is 0 Å². The third-order valence-electron chi connectivity index (χ3n) is 9.51. The molecule has 0 fully saturated rings. The maximum atomic E-state index is 5.42. The molecule has 0 heterocycles. The summed E-state index contributed by atoms with van der Waals surface area (Å²) in [6.45, 7) is 27.2. The van der Waals surface area contributed by atoms with E-state index in [0.717, 1.165) is 18.1 Å². The molecule has 0 saturated carbocycles. The molecule has 70 heavy (non-hydrogen) atoms. The number of thiol groups is 4. The van der Waals surface area contributed by atoms with Crippen molar-refractivity contribution in [2.45, 2.75) is 78.6 Å². The van der Waals surface area contributed by atoms with Crippen molar-refractivity contribution in [1.82, 2.24) is 0 Å². The van der Waals surface area contributed by atoms with Crippen LogP contribution < -0.4 is 31.8 Å². The van der Waals surface area contributed by atoms with E-state index in [2.05, 4.69) is 261 Å². The fraction of sp³-hybridized carbons (Fsp3) is 0.231. The van der Waals surface area contributed by atoms with Gasteiger partial charge < -0.3 is 104 Å². The number of hydrogen-bond acceptors (Lipinski definition) is 8. The fourth-order valence-electron chi connectivity index (χ4n) is 5.99. The van der Waals surface area contributed by atoms with E-state index in [9.17, 15) is 0 Å². The SMILES string of the molecule is C[Si](C)(C)C([S-])=C([S-])[Si](C)(C)C.C[Si](C)(C)C([S-])=C([S-])[Si](C)(C)C.[Cu].[Cu].[Re].[Re].[SH-].[SH-].[SH-].[SH-].c1ccc([PH+](c2ccccc2)c2ccccc2)cc1.c1ccc([PH+](c2ccccc2)c2ccccc2)cc1. The molecule has 0 N–H and O–H groups in total. The maximum Gasteiger partial charge on any atom is 0.102 e. The van der Waals surface area contributed by atoms with E-state index in [1.165, 1.54) is 31.8 Å². The molecule has 6 rings (SSSR count). The number of rotatable bonds is 10. The van der Waals surface area contributed by atoms with Crippen LogP contribution in [0.5, 0.6) is 0 Å². The second kappa shape index (κ2) is 40.4. The van der Waals surface area contributed by atoms with Gasteiger partial charge in [0.05, 0.1) is 15.8 Å². The molecule has 0 bridgehead atoms. The van der Waals surface area contributed by atoms with Gasteiger partial charge in [0, 0.05) is 107 Å². The van der Waals surface area contributed by atoms with Crippen molar-refractivity contribution in [3.63, 3.8) is 0 Å². The predicted octanol–water partition coefficient (Wildman–Crippen LogP) is 11.4. The van der Waals surface area contributed by atoms with Gasteiger partial charge in [-0.15, -0.1) is 0 Å². The molecule has 6 aromatic rings. The quantitative estimate of drug-likeness (QED) is 0.0569. The first-order chi connectivity index (χ1) is 29.0. The molecule has 0 aliphatic carbocycles. The third kappa shape index (κ3) is 29.1.